The van der Waals surface area contributed by atoms with Gasteiger partial charge in [0.05, 0.1) is 0 Å². The zero-order valence-corrected chi connectivity index (χ0v) is 10.6. The van der Waals surface area contributed by atoms with Crippen molar-refractivity contribution in [2.75, 3.05) is 0 Å². The molecule has 19 heavy (non-hydrogen) atoms. The number of rotatable bonds is 6. The molecular weight excluding hydrogens is 252 g/mol. The Morgan fingerprint density at radius 1 is 1.26 bits per heavy atom. The number of hydrazone groups is 1. The predicted octanol–water partition coefficient (Wildman–Crippen LogP) is -0.349. The number of barbiturate groups is 1. The van der Waals surface area contributed by atoms with E-state index < -0.39 is 23.8 Å². The van der Waals surface area contributed by atoms with Crippen LogP contribution in [0, 0.1) is 5.92 Å². The Bertz CT molecular complexity index is 399. The van der Waals surface area contributed by atoms with E-state index in [1.165, 1.54) is 0 Å². The number of unbranched alkanes of at least 4 members (excludes halogenated alkanes) is 2. The van der Waals surface area contributed by atoms with Gasteiger partial charge in [0.2, 0.25) is 17.7 Å². The van der Waals surface area contributed by atoms with Crippen molar-refractivity contribution in [1.29, 1.82) is 0 Å². The van der Waals surface area contributed by atoms with E-state index in [4.69, 9.17) is 0 Å². The Balaban J connectivity index is 2.39. The summed E-state index contributed by atoms with van der Waals surface area (Å²) < 4.78 is 0. The fourth-order valence-electron chi connectivity index (χ4n) is 1.44. The first kappa shape index (κ1) is 14.8. The van der Waals surface area contributed by atoms with Crippen LogP contribution in [0.3, 0.4) is 0 Å². The van der Waals surface area contributed by atoms with Crippen LogP contribution < -0.4 is 16.1 Å². The van der Waals surface area contributed by atoms with E-state index in [0.29, 0.717) is 6.42 Å². The molecule has 0 unspecified atom stereocenters. The van der Waals surface area contributed by atoms with Gasteiger partial charge in [-0.05, 0) is 6.42 Å². The van der Waals surface area contributed by atoms with Gasteiger partial charge in [-0.2, -0.15) is 5.10 Å². The maximum Gasteiger partial charge on any atom is 0.328 e. The molecule has 104 valence electrons. The van der Waals surface area contributed by atoms with Crippen molar-refractivity contribution in [3.63, 3.8) is 0 Å². The van der Waals surface area contributed by atoms with Crippen molar-refractivity contribution in [3.8, 4) is 0 Å². The van der Waals surface area contributed by atoms with Crippen LogP contribution >= 0.6 is 0 Å². The van der Waals surface area contributed by atoms with Crippen LogP contribution in [0.25, 0.3) is 0 Å². The summed E-state index contributed by atoms with van der Waals surface area (Å²) in [7, 11) is 0. The lowest BCUT2D eigenvalue weighted by molar-refractivity contribution is -0.132. The van der Waals surface area contributed by atoms with E-state index in [2.05, 4.69) is 10.5 Å². The number of urea groups is 1. The smallest absolute Gasteiger partial charge is 0.277 e. The molecule has 1 heterocycles. The molecule has 0 spiro atoms. The second-order valence-corrected chi connectivity index (χ2v) is 4.06. The number of nitrogens with one attached hydrogen (secondary N) is 3. The van der Waals surface area contributed by atoms with Gasteiger partial charge < -0.3 is 0 Å². The molecule has 3 N–H and O–H groups in total. The zero-order valence-electron chi connectivity index (χ0n) is 10.6. The molecule has 5 amide bonds. The lowest BCUT2D eigenvalue weighted by Crippen LogP contribution is -2.56. The second-order valence-electron chi connectivity index (χ2n) is 4.06. The average Bonchev–Trinajstić information content (AvgIpc) is 2.32. The molecule has 0 aromatic rings. The first-order chi connectivity index (χ1) is 9.04. The quantitative estimate of drug-likeness (QED) is 0.264. The summed E-state index contributed by atoms with van der Waals surface area (Å²) in [4.78, 5) is 44.7. The minimum Gasteiger partial charge on any atom is -0.277 e. The topological polar surface area (TPSA) is 117 Å². The highest BCUT2D eigenvalue weighted by molar-refractivity contribution is 6.23. The first-order valence-corrected chi connectivity index (χ1v) is 6.02. The standard InChI is InChI=1S/C11H16N4O4/c1-2-3-4-5-8(16)15-12-6-7-9(17)13-11(19)14-10(7)18/h6-7H,2-5H2,1H3,(H,15,16)(H2,13,14,17,18,19)/b12-6+. The summed E-state index contributed by atoms with van der Waals surface area (Å²) in [5, 5.41) is 7.39. The number of amides is 5. The zero-order chi connectivity index (χ0) is 14.3. The summed E-state index contributed by atoms with van der Waals surface area (Å²) in [6.45, 7) is 2.03. The Kier molecular flexibility index (Phi) is 5.65. The summed E-state index contributed by atoms with van der Waals surface area (Å²) in [6, 6.07) is -0.858. The molecule has 8 nitrogen and oxygen atoms in total. The lowest BCUT2D eigenvalue weighted by atomic mass is 10.1. The Morgan fingerprint density at radius 2 is 1.89 bits per heavy atom. The van der Waals surface area contributed by atoms with Crippen LogP contribution in [0.2, 0.25) is 0 Å². The Hall–Kier alpha value is -2.25. The van der Waals surface area contributed by atoms with Gasteiger partial charge in [-0.15, -0.1) is 0 Å². The number of carbonyl (C=O) groups excluding carboxylic acids is 4. The van der Waals surface area contributed by atoms with Crippen molar-refractivity contribution in [1.82, 2.24) is 16.1 Å². The van der Waals surface area contributed by atoms with E-state index in [0.717, 1.165) is 25.5 Å². The molecule has 8 heteroatoms. The minimum absolute atomic E-state index is 0.280. The summed E-state index contributed by atoms with van der Waals surface area (Å²) in [6.07, 6.45) is 4.05. The molecule has 0 bridgehead atoms. The molecule has 0 aromatic heterocycles. The maximum absolute atomic E-state index is 11.3. The fraction of sp³-hybridized carbons (Fsp3) is 0.545. The highest BCUT2D eigenvalue weighted by Gasteiger charge is 2.32. The van der Waals surface area contributed by atoms with Gasteiger partial charge in [-0.1, -0.05) is 19.8 Å². The van der Waals surface area contributed by atoms with Crippen molar-refractivity contribution in [2.45, 2.75) is 32.6 Å². The van der Waals surface area contributed by atoms with Gasteiger partial charge in [0, 0.05) is 12.6 Å². The number of imide groups is 2. The van der Waals surface area contributed by atoms with Crippen LogP contribution in [0.1, 0.15) is 32.6 Å². The molecule has 1 aliphatic heterocycles. The number of nitrogens with zero attached hydrogens (tertiary/aromatic N) is 1. The highest BCUT2D eigenvalue weighted by atomic mass is 16.2. The molecule has 1 rings (SSSR count). The predicted molar refractivity (Wildman–Crippen MR) is 65.9 cm³/mol. The average molecular weight is 268 g/mol. The second kappa shape index (κ2) is 7.24. The SMILES string of the molecule is CCCCCC(=O)N/N=C/C1C(=O)NC(=O)NC1=O. The molecule has 1 saturated heterocycles. The Labute approximate surface area is 110 Å². The molecule has 0 aromatic carbocycles. The van der Waals surface area contributed by atoms with E-state index in [9.17, 15) is 19.2 Å². The van der Waals surface area contributed by atoms with Crippen molar-refractivity contribution in [2.24, 2.45) is 11.0 Å². The molecule has 0 radical (unpaired) electrons. The summed E-state index contributed by atoms with van der Waals surface area (Å²) in [5.74, 6) is -3.03. The highest BCUT2D eigenvalue weighted by Crippen LogP contribution is 2.00. The third-order valence-electron chi connectivity index (χ3n) is 2.46. The third-order valence-corrected chi connectivity index (χ3v) is 2.46. The van der Waals surface area contributed by atoms with Gasteiger partial charge >= 0.3 is 6.03 Å². The normalized spacial score (nSPS) is 16.4. The molecular formula is C11H16N4O4. The molecule has 0 atom stereocenters. The van der Waals surface area contributed by atoms with Gasteiger partial charge in [0.25, 0.3) is 0 Å². The molecule has 1 fully saturated rings. The molecule has 1 aliphatic rings. The maximum atomic E-state index is 11.3. The van der Waals surface area contributed by atoms with Gasteiger partial charge in [0.1, 0.15) is 0 Å². The third kappa shape index (κ3) is 4.86. The number of hydrogen-bond donors (Lipinski definition) is 3. The molecule has 0 saturated carbocycles. The van der Waals surface area contributed by atoms with E-state index >= 15 is 0 Å². The van der Waals surface area contributed by atoms with Crippen LogP contribution in [0.15, 0.2) is 5.10 Å². The minimum atomic E-state index is -1.21. The van der Waals surface area contributed by atoms with Crippen molar-refractivity contribution >= 4 is 30.0 Å². The fourth-order valence-corrected chi connectivity index (χ4v) is 1.44. The first-order valence-electron chi connectivity index (χ1n) is 6.02. The van der Waals surface area contributed by atoms with Crippen LogP contribution in [0.5, 0.6) is 0 Å². The van der Waals surface area contributed by atoms with Crippen molar-refractivity contribution < 1.29 is 19.2 Å². The van der Waals surface area contributed by atoms with E-state index in [-0.39, 0.29) is 5.91 Å². The van der Waals surface area contributed by atoms with E-state index in [1.54, 1.807) is 0 Å². The van der Waals surface area contributed by atoms with Crippen molar-refractivity contribution in [3.05, 3.63) is 0 Å². The lowest BCUT2D eigenvalue weighted by Gasteiger charge is -2.16. The van der Waals surface area contributed by atoms with Crippen LogP contribution in [-0.2, 0) is 14.4 Å². The summed E-state index contributed by atoms with van der Waals surface area (Å²) >= 11 is 0. The number of hydrogen-bond acceptors (Lipinski definition) is 5. The van der Waals surface area contributed by atoms with Crippen LogP contribution in [0.4, 0.5) is 4.79 Å². The van der Waals surface area contributed by atoms with Crippen LogP contribution in [-0.4, -0.2) is 30.0 Å². The summed E-state index contributed by atoms with van der Waals surface area (Å²) in [5.41, 5.74) is 2.23. The monoisotopic (exact) mass is 268 g/mol. The van der Waals surface area contributed by atoms with Gasteiger partial charge in [-0.25, -0.2) is 10.2 Å². The molecule has 0 aliphatic carbocycles. The van der Waals surface area contributed by atoms with Gasteiger partial charge in [-0.3, -0.25) is 25.0 Å². The number of carbonyl (C=O) groups is 4. The largest absolute Gasteiger partial charge is 0.328 e. The van der Waals surface area contributed by atoms with E-state index in [1.807, 2.05) is 17.6 Å². The van der Waals surface area contributed by atoms with Gasteiger partial charge in [0.15, 0.2) is 5.92 Å². The Morgan fingerprint density at radius 3 is 2.47 bits per heavy atom.